The Labute approximate surface area is 227 Å². The van der Waals surface area contributed by atoms with E-state index >= 15 is 0 Å². The zero-order valence-corrected chi connectivity index (χ0v) is 22.7. The average Bonchev–Trinajstić information content (AvgIpc) is 3.45. The molecule has 0 radical (unpaired) electrons. The van der Waals surface area contributed by atoms with Crippen molar-refractivity contribution in [2.75, 3.05) is 19.6 Å². The minimum Gasteiger partial charge on any atom is -0.388 e. The molecule has 7 nitrogen and oxygen atoms in total. The van der Waals surface area contributed by atoms with Crippen LogP contribution >= 0.6 is 0 Å². The quantitative estimate of drug-likeness (QED) is 0.367. The van der Waals surface area contributed by atoms with E-state index in [-0.39, 0.29) is 36.2 Å². The monoisotopic (exact) mass is 543 g/mol. The standard InChI is InChI=1S/C29H36F3N5O2/c1-18(2)34-28(38)37(16-20-13-33-14-24(20)32)26(29(3,4)39)27-35-25(22-12-21(30)10-11-23(22)31)17-36(27)15-19-8-6-5-7-9-19/h5-12,17-18,20,24,26,33,39H,13-16H2,1-4H3,(H,34,38)/t20-,24-,26-/m0/s1. The zero-order valence-electron chi connectivity index (χ0n) is 22.7. The number of alkyl halides is 1. The van der Waals surface area contributed by atoms with E-state index in [1.165, 1.54) is 4.90 Å². The summed E-state index contributed by atoms with van der Waals surface area (Å²) in [6.45, 7) is 7.60. The van der Waals surface area contributed by atoms with Crippen molar-refractivity contribution in [1.82, 2.24) is 25.1 Å². The summed E-state index contributed by atoms with van der Waals surface area (Å²) in [7, 11) is 0. The normalized spacial score (nSPS) is 18.4. The smallest absolute Gasteiger partial charge is 0.318 e. The first kappa shape index (κ1) is 28.6. The molecule has 2 amide bonds. The average molecular weight is 544 g/mol. The number of nitrogens with zero attached hydrogens (tertiary/aromatic N) is 3. The van der Waals surface area contributed by atoms with Gasteiger partial charge in [0.05, 0.1) is 11.3 Å². The molecule has 10 heteroatoms. The Morgan fingerprint density at radius 3 is 2.54 bits per heavy atom. The van der Waals surface area contributed by atoms with E-state index in [9.17, 15) is 23.1 Å². The third-order valence-corrected chi connectivity index (χ3v) is 6.79. The first-order chi connectivity index (χ1) is 18.4. The number of imidazole rings is 1. The van der Waals surface area contributed by atoms with E-state index in [1.807, 2.05) is 44.2 Å². The number of carbonyl (C=O) groups is 1. The van der Waals surface area contributed by atoms with Crippen LogP contribution in [0.3, 0.4) is 0 Å². The molecule has 0 aliphatic carbocycles. The van der Waals surface area contributed by atoms with Crippen molar-refractivity contribution in [3.05, 3.63) is 77.8 Å². The molecule has 1 fully saturated rings. The molecule has 0 bridgehead atoms. The number of hydrogen-bond donors (Lipinski definition) is 3. The van der Waals surface area contributed by atoms with E-state index in [0.717, 1.165) is 23.8 Å². The van der Waals surface area contributed by atoms with Gasteiger partial charge in [0.2, 0.25) is 0 Å². The Morgan fingerprint density at radius 1 is 1.21 bits per heavy atom. The summed E-state index contributed by atoms with van der Waals surface area (Å²) in [4.78, 5) is 19.7. The fourth-order valence-electron chi connectivity index (χ4n) is 4.98. The number of aliphatic hydroxyl groups is 1. The van der Waals surface area contributed by atoms with E-state index < -0.39 is 41.4 Å². The highest BCUT2D eigenvalue weighted by atomic mass is 19.1. The van der Waals surface area contributed by atoms with Gasteiger partial charge in [-0.15, -0.1) is 0 Å². The summed E-state index contributed by atoms with van der Waals surface area (Å²) < 4.78 is 45.4. The maximum atomic E-state index is 14.8. The highest BCUT2D eigenvalue weighted by molar-refractivity contribution is 5.75. The van der Waals surface area contributed by atoms with E-state index in [0.29, 0.717) is 13.1 Å². The number of amides is 2. The third kappa shape index (κ3) is 6.80. The molecular formula is C29H36F3N5O2. The van der Waals surface area contributed by atoms with Gasteiger partial charge in [0.1, 0.15) is 29.7 Å². The molecule has 0 unspecified atom stereocenters. The molecule has 1 aliphatic heterocycles. The van der Waals surface area contributed by atoms with Crippen molar-refractivity contribution < 1.29 is 23.1 Å². The van der Waals surface area contributed by atoms with Crippen LogP contribution in [0.1, 0.15) is 45.1 Å². The lowest BCUT2D eigenvalue weighted by atomic mass is 9.94. The van der Waals surface area contributed by atoms with Gasteiger partial charge >= 0.3 is 6.03 Å². The second-order valence-corrected chi connectivity index (χ2v) is 11.0. The molecule has 1 aromatic heterocycles. The fraction of sp³-hybridized carbons (Fsp3) is 0.448. The fourth-order valence-corrected chi connectivity index (χ4v) is 4.98. The Kier molecular flexibility index (Phi) is 8.66. The number of hydrogen-bond acceptors (Lipinski definition) is 4. The lowest BCUT2D eigenvalue weighted by Gasteiger charge is -2.40. The SMILES string of the molecule is CC(C)NC(=O)N(C[C@@H]1CNC[C@@H]1F)[C@@H](c1nc(-c2cc(F)ccc2F)cn1Cc1ccccc1)C(C)(C)O. The Balaban J connectivity index is 1.87. The van der Waals surface area contributed by atoms with Crippen LogP contribution in [0.15, 0.2) is 54.7 Å². The molecule has 2 aromatic carbocycles. The van der Waals surface area contributed by atoms with Crippen molar-refractivity contribution in [1.29, 1.82) is 0 Å². The number of urea groups is 1. The minimum atomic E-state index is -1.54. The van der Waals surface area contributed by atoms with Crippen LogP contribution in [0.5, 0.6) is 0 Å². The summed E-state index contributed by atoms with van der Waals surface area (Å²) in [6, 6.07) is 10.8. The van der Waals surface area contributed by atoms with Gasteiger partial charge < -0.3 is 25.2 Å². The second-order valence-electron chi connectivity index (χ2n) is 11.0. The molecule has 1 aliphatic rings. The molecule has 3 aromatic rings. The first-order valence-electron chi connectivity index (χ1n) is 13.1. The summed E-state index contributed by atoms with van der Waals surface area (Å²) >= 11 is 0. The Hall–Kier alpha value is -3.37. The molecular weight excluding hydrogens is 507 g/mol. The van der Waals surface area contributed by atoms with Crippen LogP contribution in [0.4, 0.5) is 18.0 Å². The van der Waals surface area contributed by atoms with E-state index in [4.69, 9.17) is 0 Å². The third-order valence-electron chi connectivity index (χ3n) is 6.79. The molecule has 3 N–H and O–H groups in total. The van der Waals surface area contributed by atoms with Crippen molar-refractivity contribution in [2.24, 2.45) is 5.92 Å². The predicted octanol–water partition coefficient (Wildman–Crippen LogP) is 4.67. The molecule has 210 valence electrons. The van der Waals surface area contributed by atoms with Crippen LogP contribution in [0, 0.1) is 17.6 Å². The topological polar surface area (TPSA) is 82.4 Å². The summed E-state index contributed by atoms with van der Waals surface area (Å²) in [6.07, 6.45) is 0.426. The van der Waals surface area contributed by atoms with Gasteiger partial charge in [0.15, 0.2) is 0 Å². The van der Waals surface area contributed by atoms with Gasteiger partial charge in [-0.25, -0.2) is 22.9 Å². The second kappa shape index (κ2) is 11.8. The summed E-state index contributed by atoms with van der Waals surface area (Å²) in [5.41, 5.74) is -0.523. The van der Waals surface area contributed by atoms with Gasteiger partial charge in [0, 0.05) is 49.9 Å². The van der Waals surface area contributed by atoms with Crippen molar-refractivity contribution in [3.63, 3.8) is 0 Å². The van der Waals surface area contributed by atoms with Gasteiger partial charge in [-0.2, -0.15) is 0 Å². The van der Waals surface area contributed by atoms with E-state index in [1.54, 1.807) is 24.6 Å². The van der Waals surface area contributed by atoms with E-state index in [2.05, 4.69) is 15.6 Å². The van der Waals surface area contributed by atoms with Crippen LogP contribution in [-0.4, -0.2) is 63.0 Å². The molecule has 0 saturated carbocycles. The maximum absolute atomic E-state index is 14.8. The number of rotatable bonds is 9. The van der Waals surface area contributed by atoms with Crippen molar-refractivity contribution in [2.45, 2.75) is 58.1 Å². The molecule has 1 saturated heterocycles. The minimum absolute atomic E-state index is 0.0171. The molecule has 0 spiro atoms. The Morgan fingerprint density at radius 2 is 1.92 bits per heavy atom. The number of aromatic nitrogens is 2. The molecule has 4 rings (SSSR count). The van der Waals surface area contributed by atoms with Gasteiger partial charge in [-0.1, -0.05) is 30.3 Å². The number of halogens is 3. The van der Waals surface area contributed by atoms with Gasteiger partial charge in [-0.3, -0.25) is 0 Å². The lowest BCUT2D eigenvalue weighted by molar-refractivity contribution is -0.0175. The van der Waals surface area contributed by atoms with Crippen molar-refractivity contribution >= 4 is 6.03 Å². The molecule has 2 heterocycles. The maximum Gasteiger partial charge on any atom is 0.318 e. The van der Waals surface area contributed by atoms with Gasteiger partial charge in [-0.05, 0) is 51.5 Å². The van der Waals surface area contributed by atoms with Gasteiger partial charge in [0.25, 0.3) is 0 Å². The highest BCUT2D eigenvalue weighted by Gasteiger charge is 2.42. The first-order valence-corrected chi connectivity index (χ1v) is 13.1. The predicted molar refractivity (Wildman–Crippen MR) is 144 cm³/mol. The Bertz CT molecular complexity index is 1280. The largest absolute Gasteiger partial charge is 0.388 e. The van der Waals surface area contributed by atoms with Crippen molar-refractivity contribution in [3.8, 4) is 11.3 Å². The summed E-state index contributed by atoms with van der Waals surface area (Å²) in [5, 5.41) is 17.4. The number of carbonyl (C=O) groups excluding carboxylic acids is 1. The lowest BCUT2D eigenvalue weighted by Crippen LogP contribution is -2.53. The highest BCUT2D eigenvalue weighted by Crippen LogP contribution is 2.36. The number of nitrogens with one attached hydrogen (secondary N) is 2. The number of benzene rings is 2. The molecule has 39 heavy (non-hydrogen) atoms. The van der Waals surface area contributed by atoms with Crippen LogP contribution < -0.4 is 10.6 Å². The zero-order chi connectivity index (χ0) is 28.3. The molecule has 3 atom stereocenters. The summed E-state index contributed by atoms with van der Waals surface area (Å²) in [5.74, 6) is -1.50. The van der Waals surface area contributed by atoms with Crippen LogP contribution in [-0.2, 0) is 6.54 Å². The van der Waals surface area contributed by atoms with Crippen LogP contribution in [0.25, 0.3) is 11.3 Å². The van der Waals surface area contributed by atoms with Crippen LogP contribution in [0.2, 0.25) is 0 Å².